The fourth-order valence-electron chi connectivity index (χ4n) is 3.83. The Hall–Kier alpha value is -1.47. The third kappa shape index (κ3) is 5.01. The molecule has 140 valence electrons. The van der Waals surface area contributed by atoms with Crippen LogP contribution in [-0.4, -0.2) is 64.7 Å². The number of nitrogens with zero attached hydrogens (tertiary/aromatic N) is 4. The van der Waals surface area contributed by atoms with E-state index >= 15 is 0 Å². The van der Waals surface area contributed by atoms with Gasteiger partial charge < -0.3 is 9.73 Å². The molecular weight excluding hydrogens is 318 g/mol. The summed E-state index contributed by atoms with van der Waals surface area (Å²) in [5.74, 6) is 2.27. The van der Waals surface area contributed by atoms with E-state index in [1.54, 1.807) is 0 Å². The predicted molar refractivity (Wildman–Crippen MR) is 95.0 cm³/mol. The summed E-state index contributed by atoms with van der Waals surface area (Å²) in [5, 5.41) is 11.3. The molecule has 1 amide bonds. The Bertz CT molecular complexity index is 560. The van der Waals surface area contributed by atoms with E-state index in [0.717, 1.165) is 44.9 Å². The lowest BCUT2D eigenvalue weighted by atomic mass is 9.87. The molecule has 1 atom stereocenters. The van der Waals surface area contributed by atoms with Gasteiger partial charge in [-0.05, 0) is 38.5 Å². The molecular formula is C18H31N5O2. The van der Waals surface area contributed by atoms with Crippen LogP contribution in [0.1, 0.15) is 57.4 Å². The molecule has 0 bridgehead atoms. The molecule has 1 aliphatic carbocycles. The number of nitrogens with one attached hydrogen (secondary N) is 1. The molecule has 0 radical (unpaired) electrons. The second-order valence-corrected chi connectivity index (χ2v) is 7.67. The normalized spacial score (nSPS) is 27.2. The predicted octanol–water partition coefficient (Wildman–Crippen LogP) is 1.75. The Balaban J connectivity index is 1.39. The van der Waals surface area contributed by atoms with Gasteiger partial charge in [-0.15, -0.1) is 10.2 Å². The number of carbonyl (C=O) groups is 1. The minimum Gasteiger partial charge on any atom is -0.424 e. The van der Waals surface area contributed by atoms with Crippen LogP contribution < -0.4 is 5.32 Å². The summed E-state index contributed by atoms with van der Waals surface area (Å²) in [6, 6.07) is 0.507. The number of hydrogen-bond acceptors (Lipinski definition) is 6. The number of aromatic nitrogens is 2. The standard InChI is InChI=1S/C18H31N5O2/c1-13-4-6-16(7-5-13)19-17(24)12-22-8-10-23(11-9-22)14(2)18-21-20-15(3)25-18/h13-14,16H,4-12H2,1-3H3,(H,19,24)/t13?,14-,16?/m0/s1. The first kappa shape index (κ1) is 18.3. The van der Waals surface area contributed by atoms with Crippen LogP contribution >= 0.6 is 0 Å². The zero-order valence-electron chi connectivity index (χ0n) is 15.7. The maximum Gasteiger partial charge on any atom is 0.234 e. The summed E-state index contributed by atoms with van der Waals surface area (Å²) >= 11 is 0. The lowest BCUT2D eigenvalue weighted by molar-refractivity contribution is -0.123. The molecule has 7 nitrogen and oxygen atoms in total. The Morgan fingerprint density at radius 2 is 1.88 bits per heavy atom. The minimum absolute atomic E-state index is 0.126. The first-order valence-electron chi connectivity index (χ1n) is 9.57. The summed E-state index contributed by atoms with van der Waals surface area (Å²) in [6.07, 6.45) is 4.72. The lowest BCUT2D eigenvalue weighted by Gasteiger charge is -2.36. The van der Waals surface area contributed by atoms with Crippen molar-refractivity contribution in [2.24, 2.45) is 5.92 Å². The molecule has 7 heteroatoms. The van der Waals surface area contributed by atoms with Gasteiger partial charge in [0.25, 0.3) is 0 Å². The van der Waals surface area contributed by atoms with E-state index in [9.17, 15) is 4.79 Å². The average molecular weight is 349 g/mol. The molecule has 0 aromatic carbocycles. The SMILES string of the molecule is Cc1nnc([C@H](C)N2CCN(CC(=O)NC3CCC(C)CC3)CC2)o1. The quantitative estimate of drug-likeness (QED) is 0.873. The highest BCUT2D eigenvalue weighted by Crippen LogP contribution is 2.23. The summed E-state index contributed by atoms with van der Waals surface area (Å²) in [6.45, 7) is 10.3. The maximum atomic E-state index is 12.3. The Morgan fingerprint density at radius 3 is 2.48 bits per heavy atom. The van der Waals surface area contributed by atoms with E-state index in [-0.39, 0.29) is 11.9 Å². The van der Waals surface area contributed by atoms with Crippen LogP contribution in [0.2, 0.25) is 0 Å². The molecule has 2 aliphatic rings. The highest BCUT2D eigenvalue weighted by atomic mass is 16.4. The first-order valence-corrected chi connectivity index (χ1v) is 9.57. The number of piperazine rings is 1. The molecule has 1 saturated carbocycles. The number of hydrogen-bond donors (Lipinski definition) is 1. The van der Waals surface area contributed by atoms with Crippen LogP contribution in [0.15, 0.2) is 4.42 Å². The van der Waals surface area contributed by atoms with Crippen molar-refractivity contribution in [1.29, 1.82) is 0 Å². The molecule has 25 heavy (non-hydrogen) atoms. The molecule has 0 spiro atoms. The van der Waals surface area contributed by atoms with E-state index < -0.39 is 0 Å². The van der Waals surface area contributed by atoms with Crippen LogP contribution in [0.4, 0.5) is 0 Å². The van der Waals surface area contributed by atoms with Gasteiger partial charge in [-0.2, -0.15) is 0 Å². The second kappa shape index (κ2) is 8.27. The Morgan fingerprint density at radius 1 is 1.20 bits per heavy atom. The van der Waals surface area contributed by atoms with E-state index in [1.807, 2.05) is 6.92 Å². The lowest BCUT2D eigenvalue weighted by Crippen LogP contribution is -2.51. The molecule has 1 aromatic rings. The molecule has 1 aliphatic heterocycles. The van der Waals surface area contributed by atoms with Crippen LogP contribution in [0.3, 0.4) is 0 Å². The Kier molecular flexibility index (Phi) is 6.06. The maximum absolute atomic E-state index is 12.3. The fraction of sp³-hybridized carbons (Fsp3) is 0.833. The van der Waals surface area contributed by atoms with E-state index in [4.69, 9.17) is 4.42 Å². The summed E-state index contributed by atoms with van der Waals surface area (Å²) in [7, 11) is 0. The van der Waals surface area contributed by atoms with Gasteiger partial charge in [-0.1, -0.05) is 6.92 Å². The van der Waals surface area contributed by atoms with Gasteiger partial charge in [-0.3, -0.25) is 14.6 Å². The van der Waals surface area contributed by atoms with Crippen molar-refractivity contribution in [2.75, 3.05) is 32.7 Å². The monoisotopic (exact) mass is 349 g/mol. The van der Waals surface area contributed by atoms with Crippen molar-refractivity contribution in [3.05, 3.63) is 11.8 Å². The Labute approximate surface area is 150 Å². The van der Waals surface area contributed by atoms with Crippen molar-refractivity contribution in [1.82, 2.24) is 25.3 Å². The molecule has 0 unspecified atom stereocenters. The molecule has 2 fully saturated rings. The summed E-state index contributed by atoms with van der Waals surface area (Å²) in [5.41, 5.74) is 0. The van der Waals surface area contributed by atoms with Crippen molar-refractivity contribution in [3.63, 3.8) is 0 Å². The highest BCUT2D eigenvalue weighted by Gasteiger charge is 2.27. The highest BCUT2D eigenvalue weighted by molar-refractivity contribution is 5.78. The van der Waals surface area contributed by atoms with Crippen molar-refractivity contribution in [3.8, 4) is 0 Å². The minimum atomic E-state index is 0.126. The fourth-order valence-corrected chi connectivity index (χ4v) is 3.83. The van der Waals surface area contributed by atoms with Crippen molar-refractivity contribution < 1.29 is 9.21 Å². The van der Waals surface area contributed by atoms with Crippen LogP contribution in [0.5, 0.6) is 0 Å². The van der Waals surface area contributed by atoms with Gasteiger partial charge in [0.05, 0.1) is 12.6 Å². The molecule has 2 heterocycles. The van der Waals surface area contributed by atoms with Gasteiger partial charge in [0.1, 0.15) is 0 Å². The molecule has 3 rings (SSSR count). The number of carbonyl (C=O) groups excluding carboxylic acids is 1. The zero-order chi connectivity index (χ0) is 17.8. The summed E-state index contributed by atoms with van der Waals surface area (Å²) < 4.78 is 5.54. The van der Waals surface area contributed by atoms with Gasteiger partial charge in [0.2, 0.25) is 17.7 Å². The van der Waals surface area contributed by atoms with Crippen molar-refractivity contribution in [2.45, 2.75) is 58.5 Å². The topological polar surface area (TPSA) is 74.5 Å². The van der Waals surface area contributed by atoms with Gasteiger partial charge in [0, 0.05) is 39.1 Å². The smallest absolute Gasteiger partial charge is 0.234 e. The van der Waals surface area contributed by atoms with E-state index in [1.165, 1.54) is 12.8 Å². The van der Waals surface area contributed by atoms with Crippen LogP contribution in [0, 0.1) is 12.8 Å². The third-order valence-electron chi connectivity index (χ3n) is 5.60. The first-order chi connectivity index (χ1) is 12.0. The number of aryl methyl sites for hydroxylation is 1. The van der Waals surface area contributed by atoms with Gasteiger partial charge in [-0.25, -0.2) is 0 Å². The van der Waals surface area contributed by atoms with E-state index in [0.29, 0.717) is 24.4 Å². The number of rotatable bonds is 5. The molecule has 1 saturated heterocycles. The zero-order valence-corrected chi connectivity index (χ0v) is 15.7. The average Bonchev–Trinajstić information content (AvgIpc) is 3.03. The molecule has 1 N–H and O–H groups in total. The van der Waals surface area contributed by atoms with Gasteiger partial charge in [0.15, 0.2) is 0 Å². The van der Waals surface area contributed by atoms with Crippen LogP contribution in [0.25, 0.3) is 0 Å². The van der Waals surface area contributed by atoms with E-state index in [2.05, 4.69) is 39.2 Å². The third-order valence-corrected chi connectivity index (χ3v) is 5.60. The summed E-state index contributed by atoms with van der Waals surface area (Å²) in [4.78, 5) is 16.9. The van der Waals surface area contributed by atoms with Crippen molar-refractivity contribution >= 4 is 5.91 Å². The second-order valence-electron chi connectivity index (χ2n) is 7.67. The number of amides is 1. The molecule has 1 aromatic heterocycles. The largest absolute Gasteiger partial charge is 0.424 e. The van der Waals surface area contributed by atoms with Gasteiger partial charge >= 0.3 is 0 Å². The van der Waals surface area contributed by atoms with Crippen LogP contribution in [-0.2, 0) is 4.79 Å².